The molecular weight excluding hydrogens is 310 g/mol. The molecule has 122 valence electrons. The first-order valence-electron chi connectivity index (χ1n) is 6.95. The van der Waals surface area contributed by atoms with E-state index in [4.69, 9.17) is 20.5 Å². The van der Waals surface area contributed by atoms with Gasteiger partial charge in [-0.05, 0) is 12.1 Å². The maximum Gasteiger partial charge on any atom is 0.318 e. The van der Waals surface area contributed by atoms with Crippen LogP contribution >= 0.6 is 0 Å². The first kappa shape index (κ1) is 16.8. The summed E-state index contributed by atoms with van der Waals surface area (Å²) in [4.78, 5) is 23.2. The molecule has 0 aliphatic carbocycles. The monoisotopic (exact) mass is 325 g/mol. The second-order valence-corrected chi connectivity index (χ2v) is 4.74. The summed E-state index contributed by atoms with van der Waals surface area (Å²) in [7, 11) is 1.42. The van der Waals surface area contributed by atoms with Crippen molar-refractivity contribution in [1.29, 1.82) is 5.26 Å². The molecule has 0 spiro atoms. The molecule has 0 saturated heterocycles. The third kappa shape index (κ3) is 4.01. The van der Waals surface area contributed by atoms with Gasteiger partial charge in [0.2, 0.25) is 6.10 Å². The molecule has 0 unspecified atom stereocenters. The third-order valence-electron chi connectivity index (χ3n) is 3.12. The van der Waals surface area contributed by atoms with Crippen molar-refractivity contribution in [1.82, 2.24) is 5.32 Å². The number of benzene rings is 2. The van der Waals surface area contributed by atoms with Crippen molar-refractivity contribution in [3.63, 3.8) is 0 Å². The van der Waals surface area contributed by atoms with Gasteiger partial charge in [-0.3, -0.25) is 10.1 Å². The van der Waals surface area contributed by atoms with Gasteiger partial charge >= 0.3 is 6.03 Å². The number of carbonyl (C=O) groups is 2. The van der Waals surface area contributed by atoms with Gasteiger partial charge in [-0.1, -0.05) is 30.3 Å². The predicted octanol–water partition coefficient (Wildman–Crippen LogP) is 1.88. The van der Waals surface area contributed by atoms with Crippen molar-refractivity contribution in [2.24, 2.45) is 5.73 Å². The number of nitrogens with one attached hydrogen (secondary N) is 1. The Morgan fingerprint density at radius 3 is 2.46 bits per heavy atom. The fourth-order valence-electron chi connectivity index (χ4n) is 2.05. The minimum absolute atomic E-state index is 0.255. The molecule has 0 aliphatic rings. The summed E-state index contributed by atoms with van der Waals surface area (Å²) in [5, 5.41) is 10.9. The molecule has 2 aromatic carbocycles. The highest BCUT2D eigenvalue weighted by Gasteiger charge is 2.25. The molecule has 3 amide bonds. The fraction of sp³-hybridized carbons (Fsp3) is 0.118. The van der Waals surface area contributed by atoms with Crippen molar-refractivity contribution >= 4 is 11.9 Å². The van der Waals surface area contributed by atoms with Gasteiger partial charge in [0.1, 0.15) is 0 Å². The molecule has 0 radical (unpaired) electrons. The Hall–Kier alpha value is -3.53. The summed E-state index contributed by atoms with van der Waals surface area (Å²) in [5.74, 6) is -0.160. The Bertz CT molecular complexity index is 784. The van der Waals surface area contributed by atoms with Crippen LogP contribution in [-0.4, -0.2) is 19.0 Å². The molecule has 2 rings (SSSR count). The highest BCUT2D eigenvalue weighted by atomic mass is 16.5. The largest absolute Gasteiger partial charge is 0.493 e. The molecule has 0 bridgehead atoms. The molecule has 24 heavy (non-hydrogen) atoms. The normalized spacial score (nSPS) is 11.0. The SMILES string of the molecule is COc1cc(C#N)ccc1O[C@H](C(=O)NC(N)=O)c1ccccc1. The molecule has 0 saturated carbocycles. The number of carbonyl (C=O) groups excluding carboxylic acids is 2. The molecule has 0 fully saturated rings. The molecule has 1 atom stereocenters. The van der Waals surface area contributed by atoms with Crippen LogP contribution in [-0.2, 0) is 4.79 Å². The summed E-state index contributed by atoms with van der Waals surface area (Å²) in [6, 6.07) is 14.2. The van der Waals surface area contributed by atoms with E-state index in [1.807, 2.05) is 11.4 Å². The van der Waals surface area contributed by atoms with Gasteiger partial charge in [0.05, 0.1) is 18.7 Å². The van der Waals surface area contributed by atoms with E-state index in [1.54, 1.807) is 30.3 Å². The first-order chi connectivity index (χ1) is 11.5. The van der Waals surface area contributed by atoms with E-state index >= 15 is 0 Å². The lowest BCUT2D eigenvalue weighted by Crippen LogP contribution is -2.40. The molecule has 0 aromatic heterocycles. The number of nitrogens with two attached hydrogens (primary N) is 1. The molecule has 7 heteroatoms. The second-order valence-electron chi connectivity index (χ2n) is 4.74. The van der Waals surface area contributed by atoms with E-state index < -0.39 is 18.0 Å². The maximum atomic E-state index is 12.3. The molecule has 0 heterocycles. The van der Waals surface area contributed by atoms with Crippen LogP contribution in [0.3, 0.4) is 0 Å². The Morgan fingerprint density at radius 2 is 1.88 bits per heavy atom. The van der Waals surface area contributed by atoms with Gasteiger partial charge in [0.15, 0.2) is 11.5 Å². The van der Waals surface area contributed by atoms with Gasteiger partial charge in [0.25, 0.3) is 5.91 Å². The summed E-state index contributed by atoms with van der Waals surface area (Å²) in [6.45, 7) is 0. The van der Waals surface area contributed by atoms with Crippen molar-refractivity contribution in [3.8, 4) is 17.6 Å². The minimum atomic E-state index is -1.11. The quantitative estimate of drug-likeness (QED) is 0.871. The lowest BCUT2D eigenvalue weighted by atomic mass is 10.1. The maximum absolute atomic E-state index is 12.3. The summed E-state index contributed by atoms with van der Waals surface area (Å²) < 4.78 is 10.9. The zero-order valence-corrected chi connectivity index (χ0v) is 12.9. The number of ether oxygens (including phenoxy) is 2. The third-order valence-corrected chi connectivity index (χ3v) is 3.12. The van der Waals surface area contributed by atoms with Crippen LogP contribution in [0.5, 0.6) is 11.5 Å². The first-order valence-corrected chi connectivity index (χ1v) is 6.95. The van der Waals surface area contributed by atoms with Gasteiger partial charge in [-0.15, -0.1) is 0 Å². The van der Waals surface area contributed by atoms with Crippen LogP contribution in [0, 0.1) is 11.3 Å². The molecular formula is C17H15N3O4. The number of urea groups is 1. The van der Waals surface area contributed by atoms with Crippen molar-refractivity contribution in [2.75, 3.05) is 7.11 Å². The van der Waals surface area contributed by atoms with Crippen LogP contribution in [0.4, 0.5) is 4.79 Å². The molecule has 7 nitrogen and oxygen atoms in total. The van der Waals surface area contributed by atoms with Crippen LogP contribution in [0.15, 0.2) is 48.5 Å². The van der Waals surface area contributed by atoms with E-state index in [1.165, 1.54) is 25.3 Å². The molecule has 2 aromatic rings. The molecule has 0 aliphatic heterocycles. The highest BCUT2D eigenvalue weighted by Crippen LogP contribution is 2.32. The zero-order chi connectivity index (χ0) is 17.5. The average Bonchev–Trinajstić information content (AvgIpc) is 2.59. The second kappa shape index (κ2) is 7.65. The Morgan fingerprint density at radius 1 is 1.17 bits per heavy atom. The van der Waals surface area contributed by atoms with E-state index in [0.717, 1.165) is 0 Å². The van der Waals surface area contributed by atoms with Crippen LogP contribution in [0.2, 0.25) is 0 Å². The van der Waals surface area contributed by atoms with E-state index in [9.17, 15) is 9.59 Å². The fourth-order valence-corrected chi connectivity index (χ4v) is 2.05. The Balaban J connectivity index is 2.37. The number of imide groups is 1. The number of nitrogens with zero attached hydrogens (tertiary/aromatic N) is 1. The van der Waals surface area contributed by atoms with Gasteiger partial charge in [-0.2, -0.15) is 5.26 Å². The number of methoxy groups -OCH3 is 1. The number of hydrogen-bond acceptors (Lipinski definition) is 5. The van der Waals surface area contributed by atoms with Crippen molar-refractivity contribution < 1.29 is 19.1 Å². The van der Waals surface area contributed by atoms with Crippen LogP contribution in [0.25, 0.3) is 0 Å². The van der Waals surface area contributed by atoms with Crippen LogP contribution in [0.1, 0.15) is 17.2 Å². The lowest BCUT2D eigenvalue weighted by Gasteiger charge is -2.19. The molecule has 3 N–H and O–H groups in total. The van der Waals surface area contributed by atoms with E-state index in [-0.39, 0.29) is 5.75 Å². The highest BCUT2D eigenvalue weighted by molar-refractivity contribution is 5.96. The predicted molar refractivity (Wildman–Crippen MR) is 85.2 cm³/mol. The minimum Gasteiger partial charge on any atom is -0.493 e. The van der Waals surface area contributed by atoms with Crippen molar-refractivity contribution in [3.05, 3.63) is 59.7 Å². The number of hydrogen-bond donors (Lipinski definition) is 2. The number of amides is 3. The average molecular weight is 325 g/mol. The van der Waals surface area contributed by atoms with Gasteiger partial charge in [-0.25, -0.2) is 4.79 Å². The lowest BCUT2D eigenvalue weighted by molar-refractivity contribution is -0.127. The van der Waals surface area contributed by atoms with Crippen molar-refractivity contribution in [2.45, 2.75) is 6.10 Å². The number of primary amides is 1. The summed E-state index contributed by atoms with van der Waals surface area (Å²) >= 11 is 0. The Kier molecular flexibility index (Phi) is 5.36. The Labute approximate surface area is 138 Å². The topological polar surface area (TPSA) is 114 Å². The van der Waals surface area contributed by atoms with E-state index in [0.29, 0.717) is 16.9 Å². The number of rotatable bonds is 5. The smallest absolute Gasteiger partial charge is 0.318 e. The van der Waals surface area contributed by atoms with Gasteiger partial charge in [0, 0.05) is 11.6 Å². The number of nitriles is 1. The summed E-state index contributed by atoms with van der Waals surface area (Å²) in [5.41, 5.74) is 5.93. The van der Waals surface area contributed by atoms with Gasteiger partial charge < -0.3 is 15.2 Å². The van der Waals surface area contributed by atoms with Crippen LogP contribution < -0.4 is 20.5 Å². The standard InChI is InChI=1S/C17H15N3O4/c1-23-14-9-11(10-18)7-8-13(14)24-15(16(21)20-17(19)22)12-5-3-2-4-6-12/h2-9,15H,1H3,(H3,19,20,21,22)/t15-/m0/s1. The van der Waals surface area contributed by atoms with E-state index in [2.05, 4.69) is 0 Å². The summed E-state index contributed by atoms with van der Waals surface area (Å²) in [6.07, 6.45) is -1.11. The zero-order valence-electron chi connectivity index (χ0n) is 12.9.